The number of rotatable bonds is 4. The fraction of sp³-hybridized carbons (Fsp3) is 0.167. The molecule has 1 atom stereocenters. The van der Waals surface area contributed by atoms with Gasteiger partial charge >= 0.3 is 0 Å². The van der Waals surface area contributed by atoms with Crippen molar-refractivity contribution in [1.82, 2.24) is 25.1 Å². The van der Waals surface area contributed by atoms with Crippen molar-refractivity contribution in [2.24, 2.45) is 0 Å². The first-order chi connectivity index (χ1) is 9.72. The van der Waals surface area contributed by atoms with Crippen LogP contribution in [-0.2, 0) is 0 Å². The summed E-state index contributed by atoms with van der Waals surface area (Å²) in [5, 5.41) is 12.9. The van der Waals surface area contributed by atoms with E-state index in [1.807, 2.05) is 24.4 Å². The van der Waals surface area contributed by atoms with Crippen molar-refractivity contribution in [2.45, 2.75) is 13.0 Å². The second-order valence-electron chi connectivity index (χ2n) is 4.12. The number of thiazole rings is 1. The van der Waals surface area contributed by atoms with Crippen molar-refractivity contribution in [1.29, 1.82) is 0 Å². The molecule has 0 aromatic carbocycles. The van der Waals surface area contributed by atoms with Gasteiger partial charge < -0.3 is 5.32 Å². The highest BCUT2D eigenvalue weighted by atomic mass is 79.9. The molecular weight excluding hydrogens is 340 g/mol. The normalized spacial score (nSPS) is 12.3. The average Bonchev–Trinajstić information content (AvgIpc) is 3.10. The van der Waals surface area contributed by atoms with Gasteiger partial charge in [0, 0.05) is 17.8 Å². The van der Waals surface area contributed by atoms with Crippen LogP contribution < -0.4 is 5.32 Å². The highest BCUT2D eigenvalue weighted by molar-refractivity contribution is 9.10. The monoisotopic (exact) mass is 350 g/mol. The Morgan fingerprint density at radius 2 is 2.20 bits per heavy atom. The van der Waals surface area contributed by atoms with Gasteiger partial charge in [0.2, 0.25) is 5.95 Å². The molecule has 3 aromatic heterocycles. The van der Waals surface area contributed by atoms with Crippen molar-refractivity contribution in [3.63, 3.8) is 0 Å². The van der Waals surface area contributed by atoms with E-state index < -0.39 is 0 Å². The number of nitrogens with one attached hydrogen (secondary N) is 2. The summed E-state index contributed by atoms with van der Waals surface area (Å²) in [6.07, 6.45) is 3.44. The smallest absolute Gasteiger partial charge is 0.223 e. The Labute approximate surface area is 127 Å². The fourth-order valence-corrected chi connectivity index (χ4v) is 2.92. The van der Waals surface area contributed by atoms with E-state index in [1.54, 1.807) is 12.4 Å². The lowest BCUT2D eigenvalue weighted by Crippen LogP contribution is -2.10. The minimum atomic E-state index is 0.0516. The number of H-pyrrole nitrogens is 1. The van der Waals surface area contributed by atoms with Crippen molar-refractivity contribution < 1.29 is 0 Å². The molecule has 0 aliphatic heterocycles. The molecule has 3 rings (SSSR count). The number of hydrogen-bond acceptors (Lipinski definition) is 6. The lowest BCUT2D eigenvalue weighted by Gasteiger charge is -2.11. The SMILES string of the molecule is C[C@@H](Nc1nccc(-c2nc(Br)cs2)n1)c1ccn[nH]1. The highest BCUT2D eigenvalue weighted by Crippen LogP contribution is 2.25. The molecule has 0 saturated carbocycles. The molecule has 3 heterocycles. The minimum Gasteiger partial charge on any atom is -0.346 e. The van der Waals surface area contributed by atoms with Crippen LogP contribution in [0.5, 0.6) is 0 Å². The highest BCUT2D eigenvalue weighted by Gasteiger charge is 2.10. The lowest BCUT2D eigenvalue weighted by atomic mass is 10.2. The van der Waals surface area contributed by atoms with Gasteiger partial charge in [-0.2, -0.15) is 5.10 Å². The van der Waals surface area contributed by atoms with Gasteiger partial charge in [-0.1, -0.05) is 0 Å². The average molecular weight is 351 g/mol. The molecule has 0 aliphatic carbocycles. The molecule has 20 heavy (non-hydrogen) atoms. The van der Waals surface area contributed by atoms with Gasteiger partial charge in [0.25, 0.3) is 0 Å². The third-order valence-electron chi connectivity index (χ3n) is 2.69. The van der Waals surface area contributed by atoms with Crippen molar-refractivity contribution >= 4 is 33.2 Å². The van der Waals surface area contributed by atoms with Crippen LogP contribution in [-0.4, -0.2) is 25.1 Å². The number of anilines is 1. The summed E-state index contributed by atoms with van der Waals surface area (Å²) in [6.45, 7) is 2.02. The second-order valence-corrected chi connectivity index (χ2v) is 5.79. The van der Waals surface area contributed by atoms with Crippen molar-refractivity contribution in [2.75, 3.05) is 5.32 Å². The van der Waals surface area contributed by atoms with Crippen LogP contribution in [0.2, 0.25) is 0 Å². The number of hydrogen-bond donors (Lipinski definition) is 2. The van der Waals surface area contributed by atoms with Crippen LogP contribution in [0.15, 0.2) is 34.5 Å². The van der Waals surface area contributed by atoms with Crippen molar-refractivity contribution in [3.05, 3.63) is 40.2 Å². The van der Waals surface area contributed by atoms with E-state index in [-0.39, 0.29) is 6.04 Å². The molecular formula is C12H11BrN6S. The van der Waals surface area contributed by atoms with Crippen molar-refractivity contribution in [3.8, 4) is 10.7 Å². The van der Waals surface area contributed by atoms with E-state index >= 15 is 0 Å². The first-order valence-corrected chi connectivity index (χ1v) is 7.60. The van der Waals surface area contributed by atoms with Crippen LogP contribution in [0.1, 0.15) is 18.7 Å². The molecule has 8 heteroatoms. The molecule has 3 aromatic rings. The van der Waals surface area contributed by atoms with Gasteiger partial charge in [-0.05, 0) is 35.0 Å². The molecule has 0 spiro atoms. The zero-order chi connectivity index (χ0) is 13.9. The number of nitrogens with zero attached hydrogens (tertiary/aromatic N) is 4. The quantitative estimate of drug-likeness (QED) is 0.754. The molecule has 0 fully saturated rings. The van der Waals surface area contributed by atoms with E-state index in [9.17, 15) is 0 Å². The van der Waals surface area contributed by atoms with Crippen LogP contribution in [0.3, 0.4) is 0 Å². The molecule has 6 nitrogen and oxygen atoms in total. The first-order valence-electron chi connectivity index (χ1n) is 5.92. The molecule has 102 valence electrons. The Kier molecular flexibility index (Phi) is 3.75. The van der Waals surface area contributed by atoms with E-state index in [1.165, 1.54) is 11.3 Å². The summed E-state index contributed by atoms with van der Waals surface area (Å²) < 4.78 is 0.816. The summed E-state index contributed by atoms with van der Waals surface area (Å²) in [7, 11) is 0. The zero-order valence-electron chi connectivity index (χ0n) is 10.5. The largest absolute Gasteiger partial charge is 0.346 e. The molecule has 0 amide bonds. The molecule has 2 N–H and O–H groups in total. The number of aromatic nitrogens is 5. The molecule has 0 aliphatic rings. The zero-order valence-corrected chi connectivity index (χ0v) is 12.9. The van der Waals surface area contributed by atoms with Crippen LogP contribution in [0.25, 0.3) is 10.7 Å². The first kappa shape index (κ1) is 13.2. The maximum Gasteiger partial charge on any atom is 0.223 e. The summed E-state index contributed by atoms with van der Waals surface area (Å²) >= 11 is 4.88. The van der Waals surface area contributed by atoms with Gasteiger partial charge in [0.05, 0.1) is 11.7 Å². The summed E-state index contributed by atoms with van der Waals surface area (Å²) in [5.41, 5.74) is 1.78. The topological polar surface area (TPSA) is 79.4 Å². The minimum absolute atomic E-state index is 0.0516. The molecule has 0 unspecified atom stereocenters. The van der Waals surface area contributed by atoms with E-state index in [0.29, 0.717) is 5.95 Å². The van der Waals surface area contributed by atoms with Crippen LogP contribution >= 0.6 is 27.3 Å². The van der Waals surface area contributed by atoms with Crippen LogP contribution in [0, 0.1) is 0 Å². The maximum atomic E-state index is 4.48. The second kappa shape index (κ2) is 5.68. The fourth-order valence-electron chi connectivity index (χ4n) is 1.70. The number of halogens is 1. The maximum absolute atomic E-state index is 4.48. The Morgan fingerprint density at radius 1 is 1.30 bits per heavy atom. The standard InChI is InChI=1S/C12H11BrN6S/c1-7(8-3-5-15-19-8)16-12-14-4-2-9(17-12)11-18-10(13)6-20-11/h2-7H,1H3,(H,15,19)(H,14,16,17)/t7-/m1/s1. The summed E-state index contributed by atoms with van der Waals surface area (Å²) in [6, 6.07) is 3.81. The van der Waals surface area contributed by atoms with E-state index in [2.05, 4.69) is 46.4 Å². The van der Waals surface area contributed by atoms with Gasteiger partial charge in [0.1, 0.15) is 15.3 Å². The summed E-state index contributed by atoms with van der Waals surface area (Å²) in [5.74, 6) is 0.566. The molecule has 0 radical (unpaired) electrons. The predicted molar refractivity (Wildman–Crippen MR) is 81.5 cm³/mol. The predicted octanol–water partition coefficient (Wildman–Crippen LogP) is 3.26. The van der Waals surface area contributed by atoms with Gasteiger partial charge in [-0.25, -0.2) is 15.0 Å². The third kappa shape index (κ3) is 2.86. The Hall–Kier alpha value is -1.80. The van der Waals surface area contributed by atoms with Gasteiger partial charge in [-0.3, -0.25) is 5.10 Å². The third-order valence-corrected chi connectivity index (χ3v) is 4.26. The Bertz CT molecular complexity index is 696. The molecule has 0 bridgehead atoms. The van der Waals surface area contributed by atoms with E-state index in [0.717, 1.165) is 21.0 Å². The Morgan fingerprint density at radius 3 is 2.90 bits per heavy atom. The number of aromatic amines is 1. The summed E-state index contributed by atoms with van der Waals surface area (Å²) in [4.78, 5) is 13.1. The van der Waals surface area contributed by atoms with Gasteiger partial charge in [-0.15, -0.1) is 11.3 Å². The van der Waals surface area contributed by atoms with Gasteiger partial charge in [0.15, 0.2) is 0 Å². The van der Waals surface area contributed by atoms with Crippen LogP contribution in [0.4, 0.5) is 5.95 Å². The lowest BCUT2D eigenvalue weighted by molar-refractivity contribution is 0.811. The van der Waals surface area contributed by atoms with E-state index in [4.69, 9.17) is 0 Å². The Balaban J connectivity index is 1.81. The molecule has 0 saturated heterocycles.